The SMILES string of the molecule is CCCC(=O)Nc1nc2c(c(=O)[nH]1)NCN2C1OC2OP(=O)([O-])OC2C1OC(=O)CCC. The summed E-state index contributed by atoms with van der Waals surface area (Å²) in [5.41, 5.74) is -0.410. The van der Waals surface area contributed by atoms with E-state index >= 15 is 0 Å². The molecule has 1 amide bonds. The van der Waals surface area contributed by atoms with Crippen LogP contribution in [0.4, 0.5) is 17.5 Å². The summed E-state index contributed by atoms with van der Waals surface area (Å²) in [6, 6.07) is 0. The van der Waals surface area contributed by atoms with Gasteiger partial charge in [0.15, 0.2) is 30.5 Å². The fourth-order valence-corrected chi connectivity index (χ4v) is 4.65. The van der Waals surface area contributed by atoms with Crippen LogP contribution in [-0.2, 0) is 32.7 Å². The van der Waals surface area contributed by atoms with Crippen LogP contribution in [0.2, 0.25) is 0 Å². The van der Waals surface area contributed by atoms with Crippen LogP contribution >= 0.6 is 7.82 Å². The van der Waals surface area contributed by atoms with Crippen molar-refractivity contribution in [3.8, 4) is 0 Å². The molecule has 14 nitrogen and oxygen atoms in total. The number of nitrogens with one attached hydrogen (secondary N) is 3. The van der Waals surface area contributed by atoms with Gasteiger partial charge in [-0.15, -0.1) is 0 Å². The van der Waals surface area contributed by atoms with Crippen LogP contribution in [0.15, 0.2) is 4.79 Å². The van der Waals surface area contributed by atoms with Crippen LogP contribution in [-0.4, -0.2) is 53.2 Å². The first-order valence-electron chi connectivity index (χ1n) is 10.2. The van der Waals surface area contributed by atoms with Gasteiger partial charge in [0.2, 0.25) is 11.9 Å². The van der Waals surface area contributed by atoms with Crippen molar-refractivity contribution in [2.75, 3.05) is 22.2 Å². The first kappa shape index (κ1) is 22.7. The van der Waals surface area contributed by atoms with Crippen molar-refractivity contribution in [3.05, 3.63) is 10.4 Å². The number of fused-ring (bicyclic) bond motifs is 2. The molecule has 0 bridgehead atoms. The van der Waals surface area contributed by atoms with Gasteiger partial charge in [0, 0.05) is 12.8 Å². The third-order valence-electron chi connectivity index (χ3n) is 4.99. The van der Waals surface area contributed by atoms with Crippen molar-refractivity contribution in [2.24, 2.45) is 0 Å². The highest BCUT2D eigenvalue weighted by Crippen LogP contribution is 2.54. The number of amides is 1. The summed E-state index contributed by atoms with van der Waals surface area (Å²) in [7, 11) is -4.60. The molecule has 176 valence electrons. The van der Waals surface area contributed by atoms with Crippen LogP contribution in [0.5, 0.6) is 0 Å². The summed E-state index contributed by atoms with van der Waals surface area (Å²) in [6.07, 6.45) is -3.27. The minimum atomic E-state index is -4.60. The average Bonchev–Trinajstić information content (AvgIpc) is 3.33. The fraction of sp³-hybridized carbons (Fsp3) is 0.647. The molecule has 4 rings (SSSR count). The molecule has 15 heteroatoms. The van der Waals surface area contributed by atoms with Gasteiger partial charge in [-0.25, -0.2) is 0 Å². The first-order chi connectivity index (χ1) is 15.2. The third kappa shape index (κ3) is 4.36. The Morgan fingerprint density at radius 2 is 2.06 bits per heavy atom. The number of ether oxygens (including phenoxy) is 2. The molecule has 3 aliphatic rings. The minimum absolute atomic E-state index is 0.0404. The van der Waals surface area contributed by atoms with E-state index < -0.39 is 44.1 Å². The lowest BCUT2D eigenvalue weighted by Gasteiger charge is -2.30. The number of H-pyrrole nitrogens is 1. The number of hydrogen-bond acceptors (Lipinski definition) is 12. The molecule has 0 spiro atoms. The quantitative estimate of drug-likeness (QED) is 0.356. The van der Waals surface area contributed by atoms with Crippen molar-refractivity contribution in [1.29, 1.82) is 0 Å². The van der Waals surface area contributed by atoms with Crippen LogP contribution in [0.25, 0.3) is 0 Å². The van der Waals surface area contributed by atoms with Gasteiger partial charge in [-0.2, -0.15) is 4.98 Å². The molecular formula is C17H23N5O9P-. The standard InChI is InChI=1S/C17H24N5O9P/c1-3-5-8(23)19-17-20-13-10(14(25)21-17)18-7-22(13)15-11(28-9(24)6-4-2)12-16(29-15)31-32(26,27)30-12/h11-12,15-16,18H,3-7H2,1-2H3,(H,26,27)(H2,19,20,21,23,25)/p-1. The summed E-state index contributed by atoms with van der Waals surface area (Å²) in [5, 5.41) is 5.39. The number of carbonyl (C=O) groups is 2. The number of nitrogens with zero attached hydrogens (tertiary/aromatic N) is 2. The van der Waals surface area contributed by atoms with E-state index in [2.05, 4.69) is 20.6 Å². The first-order valence-corrected chi connectivity index (χ1v) is 11.7. The van der Waals surface area contributed by atoms with E-state index in [1.807, 2.05) is 6.92 Å². The van der Waals surface area contributed by atoms with Crippen molar-refractivity contribution < 1.29 is 37.6 Å². The van der Waals surface area contributed by atoms with Gasteiger partial charge in [-0.3, -0.25) is 33.8 Å². The van der Waals surface area contributed by atoms with Gasteiger partial charge in [0.25, 0.3) is 13.4 Å². The normalized spacial score (nSPS) is 30.5. The van der Waals surface area contributed by atoms with Gasteiger partial charge >= 0.3 is 5.97 Å². The number of phosphoric ester groups is 1. The molecule has 0 radical (unpaired) electrons. The number of aromatic nitrogens is 2. The molecule has 1 aromatic heterocycles. The molecule has 2 saturated heterocycles. The highest BCUT2D eigenvalue weighted by Gasteiger charge is 2.58. The monoisotopic (exact) mass is 472 g/mol. The Labute approximate surface area is 182 Å². The minimum Gasteiger partial charge on any atom is -0.756 e. The van der Waals surface area contributed by atoms with Crippen LogP contribution in [0, 0.1) is 0 Å². The number of phosphoric acid groups is 1. The molecule has 3 N–H and O–H groups in total. The molecule has 2 fully saturated rings. The van der Waals surface area contributed by atoms with Gasteiger partial charge in [-0.05, 0) is 12.8 Å². The van der Waals surface area contributed by atoms with E-state index in [0.29, 0.717) is 12.8 Å². The Morgan fingerprint density at radius 1 is 1.31 bits per heavy atom. The number of hydrogen-bond donors (Lipinski definition) is 3. The molecule has 0 aromatic carbocycles. The second kappa shape index (κ2) is 8.79. The molecule has 0 aliphatic carbocycles. The maximum absolute atomic E-state index is 12.5. The largest absolute Gasteiger partial charge is 0.756 e. The van der Waals surface area contributed by atoms with Crippen LogP contribution < -0.4 is 26.0 Å². The zero-order valence-corrected chi connectivity index (χ0v) is 18.3. The fourth-order valence-electron chi connectivity index (χ4n) is 3.65. The number of aromatic amines is 1. The summed E-state index contributed by atoms with van der Waals surface area (Å²) >= 11 is 0. The lowest BCUT2D eigenvalue weighted by atomic mass is 10.2. The zero-order chi connectivity index (χ0) is 23.0. The lowest BCUT2D eigenvalue weighted by Crippen LogP contribution is -2.47. The van der Waals surface area contributed by atoms with E-state index in [0.717, 1.165) is 0 Å². The second-order valence-corrected chi connectivity index (χ2v) is 8.75. The topological polar surface area (TPSA) is 184 Å². The maximum atomic E-state index is 12.5. The molecule has 32 heavy (non-hydrogen) atoms. The van der Waals surface area contributed by atoms with Crippen molar-refractivity contribution in [3.63, 3.8) is 0 Å². The smallest absolute Gasteiger partial charge is 0.306 e. The highest BCUT2D eigenvalue weighted by molar-refractivity contribution is 7.46. The Hall–Kier alpha value is -2.51. The Kier molecular flexibility index (Phi) is 6.23. The average molecular weight is 472 g/mol. The van der Waals surface area contributed by atoms with Gasteiger partial charge in [0.1, 0.15) is 5.69 Å². The molecule has 1 aromatic rings. The summed E-state index contributed by atoms with van der Waals surface area (Å²) in [6.45, 7) is 3.67. The van der Waals surface area contributed by atoms with Crippen molar-refractivity contribution in [1.82, 2.24) is 9.97 Å². The Bertz CT molecular complexity index is 1020. The third-order valence-corrected chi connectivity index (χ3v) is 5.96. The lowest BCUT2D eigenvalue weighted by molar-refractivity contribution is -0.225. The van der Waals surface area contributed by atoms with E-state index in [9.17, 15) is 23.8 Å². The molecule has 3 aliphatic heterocycles. The van der Waals surface area contributed by atoms with Crippen LogP contribution in [0.3, 0.4) is 0 Å². The Morgan fingerprint density at radius 3 is 2.78 bits per heavy atom. The van der Waals surface area contributed by atoms with E-state index in [4.69, 9.17) is 18.5 Å². The molecule has 5 unspecified atom stereocenters. The van der Waals surface area contributed by atoms with Gasteiger partial charge < -0.3 is 29.1 Å². The van der Waals surface area contributed by atoms with E-state index in [1.165, 1.54) is 4.90 Å². The van der Waals surface area contributed by atoms with Gasteiger partial charge in [0.05, 0.1) is 6.67 Å². The van der Waals surface area contributed by atoms with Crippen molar-refractivity contribution >= 4 is 37.2 Å². The highest BCUT2D eigenvalue weighted by atomic mass is 31.2. The zero-order valence-electron chi connectivity index (χ0n) is 17.4. The summed E-state index contributed by atoms with van der Waals surface area (Å²) in [5.74, 6) is -0.816. The summed E-state index contributed by atoms with van der Waals surface area (Å²) in [4.78, 5) is 56.5. The number of esters is 1. The van der Waals surface area contributed by atoms with Crippen LogP contribution in [0.1, 0.15) is 39.5 Å². The number of rotatable bonds is 7. The summed E-state index contributed by atoms with van der Waals surface area (Å²) < 4.78 is 32.7. The maximum Gasteiger partial charge on any atom is 0.306 e. The second-order valence-electron chi connectivity index (χ2n) is 7.44. The predicted octanol–water partition coefficient (Wildman–Crippen LogP) is -0.0240. The van der Waals surface area contributed by atoms with E-state index in [1.54, 1.807) is 6.92 Å². The Balaban J connectivity index is 1.62. The molecule has 5 atom stereocenters. The van der Waals surface area contributed by atoms with Gasteiger partial charge in [-0.1, -0.05) is 13.8 Å². The molecular weight excluding hydrogens is 449 g/mol. The van der Waals surface area contributed by atoms with E-state index in [-0.39, 0.29) is 42.9 Å². The number of carbonyl (C=O) groups excluding carboxylic acids is 2. The predicted molar refractivity (Wildman–Crippen MR) is 106 cm³/mol. The molecule has 4 heterocycles. The van der Waals surface area contributed by atoms with Crippen molar-refractivity contribution in [2.45, 2.75) is 64.3 Å². The molecule has 0 saturated carbocycles. The number of anilines is 3.